The highest BCUT2D eigenvalue weighted by molar-refractivity contribution is 6.23. The van der Waals surface area contributed by atoms with Crippen LogP contribution in [0.1, 0.15) is 0 Å². The third-order valence-electron chi connectivity index (χ3n) is 22.9. The van der Waals surface area contributed by atoms with Crippen LogP contribution in [0, 0.1) is 0 Å². The highest BCUT2D eigenvalue weighted by atomic mass is 15.1. The zero-order chi connectivity index (χ0) is 69.0. The first-order valence-corrected chi connectivity index (χ1v) is 36.2. The van der Waals surface area contributed by atoms with Crippen molar-refractivity contribution >= 4 is 120 Å². The van der Waals surface area contributed by atoms with Gasteiger partial charge in [-0.2, -0.15) is 0 Å². The molecule has 24 rings (SSSR count). The molecule has 488 valence electrons. The van der Waals surface area contributed by atoms with Crippen molar-refractivity contribution in [2.45, 2.75) is 0 Å². The molecule has 0 N–H and O–H groups in total. The summed E-state index contributed by atoms with van der Waals surface area (Å²) in [5.41, 5.74) is 31.3. The summed E-state index contributed by atoms with van der Waals surface area (Å²) in [7, 11) is 0. The Balaban J connectivity index is 0.554. The van der Waals surface area contributed by atoms with Crippen molar-refractivity contribution in [3.05, 3.63) is 340 Å². The zero-order valence-corrected chi connectivity index (χ0v) is 56.9. The van der Waals surface area contributed by atoms with E-state index < -0.39 is 0 Å². The van der Waals surface area contributed by atoms with Crippen LogP contribution in [0.4, 0.5) is 0 Å². The second-order valence-electron chi connectivity index (χ2n) is 28.4. The van der Waals surface area contributed by atoms with Gasteiger partial charge in [0.2, 0.25) is 0 Å². The molecule has 0 amide bonds. The predicted molar refractivity (Wildman–Crippen MR) is 438 cm³/mol. The minimum Gasteiger partial charge on any atom is -0.309 e. The molecule has 8 aromatic heterocycles. The number of para-hydroxylation sites is 4. The molecule has 2 aliphatic carbocycles. The molecule has 0 saturated carbocycles. The van der Waals surface area contributed by atoms with E-state index in [9.17, 15) is 0 Å². The van der Waals surface area contributed by atoms with Crippen molar-refractivity contribution in [2.24, 2.45) is 0 Å². The predicted octanol–water partition coefficient (Wildman–Crippen LogP) is 25.1. The number of aromatic nitrogens is 8. The summed E-state index contributed by atoms with van der Waals surface area (Å²) in [6, 6.07) is 120. The molecule has 106 heavy (non-hydrogen) atoms. The van der Waals surface area contributed by atoms with Gasteiger partial charge in [0.25, 0.3) is 0 Å². The van der Waals surface area contributed by atoms with E-state index in [1.165, 1.54) is 81.4 Å². The fraction of sp³-hybridized carbons (Fsp3) is 0. The fourth-order valence-electron chi connectivity index (χ4n) is 18.2. The molecule has 0 atom stereocenters. The van der Waals surface area contributed by atoms with E-state index in [4.69, 9.17) is 19.9 Å². The van der Waals surface area contributed by atoms with Crippen LogP contribution in [0.2, 0.25) is 0 Å². The van der Waals surface area contributed by atoms with Gasteiger partial charge in [0.15, 0.2) is 0 Å². The monoisotopic (exact) mass is 1340 g/mol. The molecule has 0 bridgehead atoms. The van der Waals surface area contributed by atoms with E-state index >= 15 is 0 Å². The van der Waals surface area contributed by atoms with Crippen molar-refractivity contribution in [1.82, 2.24) is 38.2 Å². The lowest BCUT2D eigenvalue weighted by atomic mass is 9.98. The van der Waals surface area contributed by atoms with Gasteiger partial charge >= 0.3 is 0 Å². The normalized spacial score (nSPS) is 12.3. The van der Waals surface area contributed by atoms with Crippen LogP contribution in [-0.4, -0.2) is 38.2 Å². The summed E-state index contributed by atoms with van der Waals surface area (Å²) in [5, 5.41) is 14.4. The van der Waals surface area contributed by atoms with Gasteiger partial charge in [-0.1, -0.05) is 194 Å². The molecule has 0 radical (unpaired) electrons. The largest absolute Gasteiger partial charge is 0.309 e. The van der Waals surface area contributed by atoms with Crippen molar-refractivity contribution in [1.29, 1.82) is 0 Å². The molecule has 0 saturated heterocycles. The highest BCUT2D eigenvalue weighted by Gasteiger charge is 2.29. The standard InChI is InChI=1S/C98H56N8/c1-2-18-66(19-3-1)103-90-45-41-64(52-81(90)96-68-21-5-4-16-59(68)37-46-91(96)103)63-40-44-89-77(51-63)71-24-8-11-32-86(71)106(89)93-55-79-80-53-65(56-100-98(80)74-26-14-29-83(102-93)95(74)79)58-35-33-57(34-36-58)60-17-12-20-67(48-60)104-84-30-9-6-22-69(84)75-49-61(38-42-87(75)104)62-39-43-88-76(50-62)70-23-7-10-31-85(70)105(88)92-54-78-72-27-15-47-99-97(72)73-25-13-28-82(101-92)94(73)78/h1-56H. The summed E-state index contributed by atoms with van der Waals surface area (Å²) in [6.07, 6.45) is 3.92. The van der Waals surface area contributed by atoms with E-state index in [2.05, 4.69) is 340 Å². The number of rotatable bonds is 8. The van der Waals surface area contributed by atoms with Gasteiger partial charge in [-0.25, -0.2) is 9.97 Å². The van der Waals surface area contributed by atoms with Crippen LogP contribution in [0.5, 0.6) is 0 Å². The molecule has 0 aliphatic heterocycles. The van der Waals surface area contributed by atoms with Gasteiger partial charge in [0.1, 0.15) is 11.6 Å². The van der Waals surface area contributed by atoms with Crippen molar-refractivity contribution in [3.63, 3.8) is 0 Å². The molecule has 8 heterocycles. The van der Waals surface area contributed by atoms with Gasteiger partial charge in [-0.15, -0.1) is 0 Å². The first kappa shape index (κ1) is 57.3. The quantitative estimate of drug-likeness (QED) is 0.152. The summed E-state index contributed by atoms with van der Waals surface area (Å²) < 4.78 is 9.52. The second-order valence-corrected chi connectivity index (χ2v) is 28.4. The van der Waals surface area contributed by atoms with Crippen LogP contribution in [0.15, 0.2) is 340 Å². The van der Waals surface area contributed by atoms with Gasteiger partial charge in [0, 0.05) is 105 Å². The maximum atomic E-state index is 5.51. The molecular weight excluding hydrogens is 1290 g/mol. The topological polar surface area (TPSA) is 71.3 Å². The first-order valence-electron chi connectivity index (χ1n) is 36.2. The summed E-state index contributed by atoms with van der Waals surface area (Å²) in [6.45, 7) is 0. The third kappa shape index (κ3) is 8.12. The van der Waals surface area contributed by atoms with E-state index in [-0.39, 0.29) is 0 Å². The summed E-state index contributed by atoms with van der Waals surface area (Å²) in [4.78, 5) is 21.0. The fourth-order valence-corrected chi connectivity index (χ4v) is 18.2. The average molecular weight is 1350 g/mol. The van der Waals surface area contributed by atoms with E-state index in [1.54, 1.807) is 0 Å². The van der Waals surface area contributed by atoms with E-state index in [0.29, 0.717) is 0 Å². The molecule has 8 heteroatoms. The van der Waals surface area contributed by atoms with Crippen LogP contribution in [0.25, 0.3) is 232 Å². The Morgan fingerprint density at radius 2 is 0.642 bits per heavy atom. The first-order chi connectivity index (χ1) is 52.5. The zero-order valence-electron chi connectivity index (χ0n) is 56.9. The van der Waals surface area contributed by atoms with Crippen molar-refractivity contribution in [2.75, 3.05) is 0 Å². The number of fused-ring (bicyclic) bond motifs is 20. The number of hydrogen-bond donors (Lipinski definition) is 0. The Labute approximate surface area is 606 Å². The Kier molecular flexibility index (Phi) is 11.7. The van der Waals surface area contributed by atoms with Crippen LogP contribution in [0.3, 0.4) is 0 Å². The maximum Gasteiger partial charge on any atom is 0.138 e. The minimum atomic E-state index is 0.874. The Hall–Kier alpha value is -14.3. The lowest BCUT2D eigenvalue weighted by Gasteiger charge is -2.12. The number of pyridine rings is 4. The second kappa shape index (κ2) is 21.6. The van der Waals surface area contributed by atoms with Crippen LogP contribution in [-0.2, 0) is 0 Å². The van der Waals surface area contributed by atoms with Gasteiger partial charge in [-0.3, -0.25) is 19.1 Å². The van der Waals surface area contributed by atoms with Gasteiger partial charge < -0.3 is 9.13 Å². The molecule has 0 unspecified atom stereocenters. The average Bonchev–Trinajstić information content (AvgIpc) is 1.57. The van der Waals surface area contributed by atoms with E-state index in [1.807, 2.05) is 18.5 Å². The number of hydrogen-bond acceptors (Lipinski definition) is 4. The Bertz CT molecular complexity index is 7640. The molecule has 22 aromatic rings. The van der Waals surface area contributed by atoms with Crippen molar-refractivity contribution in [3.8, 4) is 112 Å². The molecule has 0 spiro atoms. The number of benzene rings is 14. The third-order valence-corrected chi connectivity index (χ3v) is 22.9. The van der Waals surface area contributed by atoms with Gasteiger partial charge in [0.05, 0.1) is 66.6 Å². The maximum absolute atomic E-state index is 5.51. The molecule has 14 aromatic carbocycles. The smallest absolute Gasteiger partial charge is 0.138 e. The SMILES string of the molecule is c1ccc(-n2c3ccc(-c4ccc5c(c4)c4ccccc4n5-c4cc5c6c(cccc6n4)-c4ncc(-c6ccc(-c7cccc(-n8c9ccccc9c9cc(-c%10ccc%11c(c%10)c%10ccccc%10n%11-c%10cc%11c%12c(cccc%12n%10)-c%10ncccc%10-%11)ccc98)c7)cc6)cc4-5)cc3c3c4ccccc4ccc32)cc1. The lowest BCUT2D eigenvalue weighted by molar-refractivity contribution is 1.10. The number of nitrogens with zero attached hydrogens (tertiary/aromatic N) is 8. The molecule has 2 aliphatic rings. The highest BCUT2D eigenvalue weighted by Crippen LogP contribution is 2.51. The summed E-state index contributed by atoms with van der Waals surface area (Å²) >= 11 is 0. The van der Waals surface area contributed by atoms with Crippen molar-refractivity contribution < 1.29 is 0 Å². The minimum absolute atomic E-state index is 0.874. The van der Waals surface area contributed by atoms with Crippen LogP contribution < -0.4 is 0 Å². The van der Waals surface area contributed by atoms with Gasteiger partial charge in [-0.05, 0) is 194 Å². The molecule has 8 nitrogen and oxygen atoms in total. The Morgan fingerprint density at radius 3 is 1.25 bits per heavy atom. The summed E-state index contributed by atoms with van der Waals surface area (Å²) in [5.74, 6) is 1.77. The molecule has 0 fully saturated rings. The van der Waals surface area contributed by atoms with E-state index in [0.717, 1.165) is 151 Å². The Morgan fingerprint density at radius 1 is 0.208 bits per heavy atom. The van der Waals surface area contributed by atoms with Crippen LogP contribution >= 0.6 is 0 Å². The molecular formula is C98H56N8. The lowest BCUT2D eigenvalue weighted by Crippen LogP contribution is -1.98.